The normalized spacial score (nSPS) is 38.8. The SMILES string of the molecule is C=CCC(=C)CCC1C(C)C2CN(C)C12. The predicted octanol–water partition coefficient (Wildman–Crippen LogP) is 3.10. The summed E-state index contributed by atoms with van der Waals surface area (Å²) in [6.07, 6.45) is 5.48. The standard InChI is InChI=1S/C14H23N/c1-5-6-10(2)7-8-12-11(3)13-9-15(4)14(12)13/h5,11-14H,1-2,6-9H2,3-4H3. The molecule has 2 aliphatic rings. The average molecular weight is 205 g/mol. The number of likely N-dealkylation sites (tertiary alicyclic amines) is 1. The van der Waals surface area contributed by atoms with Crippen LogP contribution in [0.2, 0.25) is 0 Å². The lowest BCUT2D eigenvalue weighted by Gasteiger charge is -2.64. The Balaban J connectivity index is 1.76. The molecular weight excluding hydrogens is 182 g/mol. The van der Waals surface area contributed by atoms with Crippen LogP contribution < -0.4 is 0 Å². The lowest BCUT2D eigenvalue weighted by atomic mass is 9.54. The first-order valence-corrected chi connectivity index (χ1v) is 6.13. The summed E-state index contributed by atoms with van der Waals surface area (Å²) in [5.41, 5.74) is 1.35. The summed E-state index contributed by atoms with van der Waals surface area (Å²) in [5, 5.41) is 0. The lowest BCUT2D eigenvalue weighted by molar-refractivity contribution is -0.145. The van der Waals surface area contributed by atoms with Crippen molar-refractivity contribution < 1.29 is 0 Å². The third kappa shape index (κ3) is 1.78. The number of rotatable bonds is 5. The molecule has 0 aromatic rings. The fourth-order valence-electron chi connectivity index (χ4n) is 3.47. The number of allylic oxidation sites excluding steroid dienone is 2. The molecule has 15 heavy (non-hydrogen) atoms. The van der Waals surface area contributed by atoms with Gasteiger partial charge in [0.2, 0.25) is 0 Å². The van der Waals surface area contributed by atoms with Crippen LogP contribution in [0.15, 0.2) is 24.8 Å². The Kier molecular flexibility index (Phi) is 3.01. The van der Waals surface area contributed by atoms with Gasteiger partial charge < -0.3 is 4.90 Å². The highest BCUT2D eigenvalue weighted by atomic mass is 15.2. The van der Waals surface area contributed by atoms with Crippen molar-refractivity contribution in [3.8, 4) is 0 Å². The second-order valence-corrected chi connectivity index (χ2v) is 5.40. The molecule has 0 spiro atoms. The van der Waals surface area contributed by atoms with Crippen molar-refractivity contribution in [3.63, 3.8) is 0 Å². The highest BCUT2D eigenvalue weighted by Crippen LogP contribution is 2.52. The minimum atomic E-state index is 0.900. The number of nitrogens with zero attached hydrogens (tertiary/aromatic N) is 1. The molecule has 1 heterocycles. The quantitative estimate of drug-likeness (QED) is 0.623. The number of hydrogen-bond acceptors (Lipinski definition) is 1. The molecule has 4 unspecified atom stereocenters. The van der Waals surface area contributed by atoms with E-state index < -0.39 is 0 Å². The van der Waals surface area contributed by atoms with Crippen molar-refractivity contribution in [3.05, 3.63) is 24.8 Å². The molecule has 2 fully saturated rings. The topological polar surface area (TPSA) is 3.24 Å². The monoisotopic (exact) mass is 205 g/mol. The Hall–Kier alpha value is -0.560. The smallest absolute Gasteiger partial charge is 0.0166 e. The third-order valence-corrected chi connectivity index (χ3v) is 4.50. The van der Waals surface area contributed by atoms with E-state index in [2.05, 4.69) is 32.0 Å². The van der Waals surface area contributed by atoms with E-state index in [1.807, 2.05) is 6.08 Å². The highest BCUT2D eigenvalue weighted by molar-refractivity contribution is 5.10. The molecule has 1 nitrogen and oxygen atoms in total. The van der Waals surface area contributed by atoms with Gasteiger partial charge in [-0.15, -0.1) is 6.58 Å². The number of fused-ring (bicyclic) bond motifs is 1. The van der Waals surface area contributed by atoms with Crippen LogP contribution in [-0.2, 0) is 0 Å². The van der Waals surface area contributed by atoms with Crippen LogP contribution in [0, 0.1) is 17.8 Å². The zero-order valence-corrected chi connectivity index (χ0v) is 10.1. The first-order valence-electron chi connectivity index (χ1n) is 6.13. The van der Waals surface area contributed by atoms with Gasteiger partial charge in [-0.3, -0.25) is 0 Å². The van der Waals surface area contributed by atoms with Crippen LogP contribution in [0.1, 0.15) is 26.2 Å². The molecular formula is C14H23N. The van der Waals surface area contributed by atoms with Crippen LogP contribution in [0.25, 0.3) is 0 Å². The van der Waals surface area contributed by atoms with Crippen molar-refractivity contribution >= 4 is 0 Å². The molecule has 1 heteroatoms. The van der Waals surface area contributed by atoms with Crippen molar-refractivity contribution in [2.75, 3.05) is 13.6 Å². The Morgan fingerprint density at radius 1 is 1.53 bits per heavy atom. The second-order valence-electron chi connectivity index (χ2n) is 5.40. The van der Waals surface area contributed by atoms with Gasteiger partial charge in [-0.25, -0.2) is 0 Å². The van der Waals surface area contributed by atoms with Crippen LogP contribution in [0.3, 0.4) is 0 Å². The van der Waals surface area contributed by atoms with E-state index in [0.29, 0.717) is 0 Å². The first-order chi connectivity index (χ1) is 7.15. The summed E-state index contributed by atoms with van der Waals surface area (Å²) in [6.45, 7) is 11.6. The van der Waals surface area contributed by atoms with E-state index in [9.17, 15) is 0 Å². The van der Waals surface area contributed by atoms with Crippen LogP contribution >= 0.6 is 0 Å². The summed E-state index contributed by atoms with van der Waals surface area (Å²) in [6, 6.07) is 0.900. The zero-order valence-electron chi connectivity index (χ0n) is 10.1. The van der Waals surface area contributed by atoms with Crippen LogP contribution in [0.5, 0.6) is 0 Å². The van der Waals surface area contributed by atoms with E-state index in [4.69, 9.17) is 0 Å². The molecule has 1 saturated carbocycles. The van der Waals surface area contributed by atoms with Gasteiger partial charge in [0.25, 0.3) is 0 Å². The minimum absolute atomic E-state index is 0.900. The molecule has 0 N–H and O–H groups in total. The van der Waals surface area contributed by atoms with Crippen molar-refractivity contribution in [1.29, 1.82) is 0 Å². The summed E-state index contributed by atoms with van der Waals surface area (Å²) in [7, 11) is 2.26. The molecule has 84 valence electrons. The van der Waals surface area contributed by atoms with Crippen LogP contribution in [0.4, 0.5) is 0 Å². The number of hydrogen-bond donors (Lipinski definition) is 0. The molecule has 1 aliphatic heterocycles. The van der Waals surface area contributed by atoms with Gasteiger partial charge in [0.05, 0.1) is 0 Å². The van der Waals surface area contributed by atoms with Crippen molar-refractivity contribution in [1.82, 2.24) is 4.90 Å². The van der Waals surface area contributed by atoms with Gasteiger partial charge in [-0.1, -0.05) is 25.2 Å². The van der Waals surface area contributed by atoms with Gasteiger partial charge in [0.1, 0.15) is 0 Å². The van der Waals surface area contributed by atoms with E-state index in [1.54, 1.807) is 0 Å². The molecule has 2 rings (SSSR count). The largest absolute Gasteiger partial charge is 0.302 e. The molecule has 1 aliphatic carbocycles. The lowest BCUT2D eigenvalue weighted by Crippen LogP contribution is -2.70. The Labute approximate surface area is 93.9 Å². The average Bonchev–Trinajstić information content (AvgIpc) is 2.19. The Morgan fingerprint density at radius 3 is 2.87 bits per heavy atom. The van der Waals surface area contributed by atoms with E-state index in [1.165, 1.54) is 25.0 Å². The van der Waals surface area contributed by atoms with E-state index in [-0.39, 0.29) is 0 Å². The molecule has 0 radical (unpaired) electrons. The van der Waals surface area contributed by atoms with Gasteiger partial charge in [-0.05, 0) is 44.1 Å². The summed E-state index contributed by atoms with van der Waals surface area (Å²) in [5.74, 6) is 2.88. The van der Waals surface area contributed by atoms with Crippen LogP contribution in [-0.4, -0.2) is 24.5 Å². The maximum Gasteiger partial charge on any atom is 0.0166 e. The fraction of sp³-hybridized carbons (Fsp3) is 0.714. The molecule has 1 saturated heterocycles. The van der Waals surface area contributed by atoms with Gasteiger partial charge >= 0.3 is 0 Å². The first kappa shape index (κ1) is 10.9. The van der Waals surface area contributed by atoms with Gasteiger partial charge in [-0.2, -0.15) is 0 Å². The Morgan fingerprint density at radius 2 is 2.27 bits per heavy atom. The van der Waals surface area contributed by atoms with Crippen molar-refractivity contribution in [2.24, 2.45) is 17.8 Å². The third-order valence-electron chi connectivity index (χ3n) is 4.50. The summed E-state index contributed by atoms with van der Waals surface area (Å²) in [4.78, 5) is 2.52. The fourth-order valence-corrected chi connectivity index (χ4v) is 3.47. The predicted molar refractivity (Wildman–Crippen MR) is 65.8 cm³/mol. The second kappa shape index (κ2) is 4.13. The molecule has 0 bridgehead atoms. The summed E-state index contributed by atoms with van der Waals surface area (Å²) >= 11 is 0. The minimum Gasteiger partial charge on any atom is -0.302 e. The molecule has 0 amide bonds. The molecule has 4 atom stereocenters. The molecule has 0 aromatic carbocycles. The van der Waals surface area contributed by atoms with Gasteiger partial charge in [0.15, 0.2) is 0 Å². The van der Waals surface area contributed by atoms with Gasteiger partial charge in [0, 0.05) is 12.6 Å². The van der Waals surface area contributed by atoms with E-state index >= 15 is 0 Å². The molecule has 0 aromatic heterocycles. The van der Waals surface area contributed by atoms with E-state index in [0.717, 1.165) is 30.2 Å². The maximum atomic E-state index is 4.10. The summed E-state index contributed by atoms with van der Waals surface area (Å²) < 4.78 is 0. The number of piperidine rings is 1. The zero-order chi connectivity index (χ0) is 11.0. The maximum absolute atomic E-state index is 4.10. The highest BCUT2D eigenvalue weighted by Gasteiger charge is 2.55. The Bertz CT molecular complexity index is 269. The van der Waals surface area contributed by atoms with Crippen molar-refractivity contribution in [2.45, 2.75) is 32.2 Å².